The van der Waals surface area contributed by atoms with Crippen LogP contribution in [0.2, 0.25) is 0 Å². The van der Waals surface area contributed by atoms with Gasteiger partial charge in [0.25, 0.3) is 0 Å². The van der Waals surface area contributed by atoms with E-state index in [1.54, 1.807) is 11.8 Å². The van der Waals surface area contributed by atoms with E-state index in [9.17, 15) is 0 Å². The van der Waals surface area contributed by atoms with Crippen LogP contribution in [-0.2, 0) is 11.7 Å². The minimum Gasteiger partial charge on any atom is -0.490 e. The van der Waals surface area contributed by atoms with E-state index in [2.05, 4.69) is 96.6 Å². The molecule has 1 N–H and O–H groups in total. The van der Waals surface area contributed by atoms with Gasteiger partial charge < -0.3 is 10.1 Å². The monoisotopic (exact) mass is 511 g/mol. The number of benzene rings is 1. The van der Waals surface area contributed by atoms with E-state index in [-0.39, 0.29) is 11.3 Å². The Balaban J connectivity index is 2.26. The van der Waals surface area contributed by atoms with Crippen molar-refractivity contribution >= 4 is 31.6 Å². The summed E-state index contributed by atoms with van der Waals surface area (Å²) in [7, 11) is 2.78. The van der Waals surface area contributed by atoms with Crippen molar-refractivity contribution in [2.24, 2.45) is 0 Å². The molecule has 0 amide bonds. The number of nitrogens with one attached hydrogen (secondary N) is 1. The first-order chi connectivity index (χ1) is 16.6. The zero-order valence-electron chi connectivity index (χ0n) is 22.3. The molecular formula is C29H42N3OPS. The van der Waals surface area contributed by atoms with Gasteiger partial charge in [-0.25, -0.2) is 9.97 Å². The molecule has 1 heterocycles. The van der Waals surface area contributed by atoms with E-state index in [1.165, 1.54) is 4.91 Å². The zero-order chi connectivity index (χ0) is 26.0. The first kappa shape index (κ1) is 29.1. The highest BCUT2D eigenvalue weighted by atomic mass is 32.2. The summed E-state index contributed by atoms with van der Waals surface area (Å²) in [4.78, 5) is 11.2. The molecule has 0 saturated carbocycles. The molecule has 0 spiro atoms. The van der Waals surface area contributed by atoms with Crippen molar-refractivity contribution in [1.29, 1.82) is 0 Å². The van der Waals surface area contributed by atoms with Crippen molar-refractivity contribution < 1.29 is 4.74 Å². The number of hydrogen-bond acceptors (Lipinski definition) is 5. The van der Waals surface area contributed by atoms with E-state index in [1.807, 2.05) is 19.3 Å². The number of ether oxygens (including phenoxy) is 1. The summed E-state index contributed by atoms with van der Waals surface area (Å²) < 4.78 is 6.46. The van der Waals surface area contributed by atoms with Crippen molar-refractivity contribution in [3.63, 3.8) is 0 Å². The summed E-state index contributed by atoms with van der Waals surface area (Å²) in [6.07, 6.45) is 10.3. The van der Waals surface area contributed by atoms with Gasteiger partial charge >= 0.3 is 0 Å². The largest absolute Gasteiger partial charge is 0.490 e. The maximum atomic E-state index is 6.46. The quantitative estimate of drug-likeness (QED) is 0.258. The molecule has 1 aromatic carbocycles. The first-order valence-electron chi connectivity index (χ1n) is 12.4. The van der Waals surface area contributed by atoms with Crippen LogP contribution in [0.15, 0.2) is 54.7 Å². The molecule has 35 heavy (non-hydrogen) atoms. The highest BCUT2D eigenvalue weighted by Crippen LogP contribution is 2.35. The van der Waals surface area contributed by atoms with Crippen molar-refractivity contribution in [2.45, 2.75) is 85.0 Å². The highest BCUT2D eigenvalue weighted by Gasteiger charge is 2.17. The lowest BCUT2D eigenvalue weighted by Gasteiger charge is -2.20. The fraction of sp³-hybridized carbons (Fsp3) is 0.448. The maximum Gasteiger partial charge on any atom is 0.137 e. The second-order valence-corrected chi connectivity index (χ2v) is 12.2. The lowest BCUT2D eigenvalue weighted by molar-refractivity contribution is 0.178. The topological polar surface area (TPSA) is 47.0 Å². The molecule has 0 radical (unpaired) electrons. The van der Waals surface area contributed by atoms with Crippen molar-refractivity contribution in [3.8, 4) is 5.75 Å². The average Bonchev–Trinajstić information content (AvgIpc) is 2.82. The number of hydrogen-bond donors (Lipinski definition) is 1. The molecule has 4 nitrogen and oxygen atoms in total. The predicted octanol–water partition coefficient (Wildman–Crippen LogP) is 8.32. The molecule has 0 aliphatic heterocycles. The number of allylic oxidation sites excluding steroid dienone is 2. The van der Waals surface area contributed by atoms with Crippen molar-refractivity contribution in [1.82, 2.24) is 15.3 Å². The predicted molar refractivity (Wildman–Crippen MR) is 157 cm³/mol. The van der Waals surface area contributed by atoms with Gasteiger partial charge in [0.15, 0.2) is 0 Å². The first-order valence-corrected chi connectivity index (χ1v) is 13.8. The second-order valence-electron chi connectivity index (χ2n) is 9.46. The molecular weight excluding hydrogens is 469 g/mol. The van der Waals surface area contributed by atoms with E-state index in [4.69, 9.17) is 4.74 Å². The summed E-state index contributed by atoms with van der Waals surface area (Å²) >= 11 is 1.68. The summed E-state index contributed by atoms with van der Waals surface area (Å²) in [6, 6.07) is 6.31. The third-order valence-corrected chi connectivity index (χ3v) is 6.88. The molecule has 0 fully saturated rings. The van der Waals surface area contributed by atoms with Crippen LogP contribution in [0.3, 0.4) is 0 Å². The SMILES string of the molecule is C=C(NCc1cnc(C(C)(C)P)nc1)c1cc(OC(CCC)CCC)cc(C(=C)S/C(C)=C\C)c1. The van der Waals surface area contributed by atoms with Gasteiger partial charge in [0.1, 0.15) is 11.6 Å². The molecule has 0 aliphatic rings. The van der Waals surface area contributed by atoms with Crippen LogP contribution in [-0.4, -0.2) is 16.1 Å². The summed E-state index contributed by atoms with van der Waals surface area (Å²) in [5.41, 5.74) is 3.88. The Hall–Kier alpha value is -2.10. The molecule has 0 saturated heterocycles. The van der Waals surface area contributed by atoms with Gasteiger partial charge in [0.05, 0.1) is 6.10 Å². The number of aromatic nitrogens is 2. The van der Waals surface area contributed by atoms with Gasteiger partial charge in [0, 0.05) is 45.8 Å². The summed E-state index contributed by atoms with van der Waals surface area (Å²) in [6.45, 7) is 21.9. The van der Waals surface area contributed by atoms with Crippen molar-refractivity contribution in [3.05, 3.63) is 77.2 Å². The Bertz CT molecular complexity index is 1020. The third-order valence-electron chi connectivity index (χ3n) is 5.58. The van der Waals surface area contributed by atoms with E-state index < -0.39 is 0 Å². The molecule has 190 valence electrons. The smallest absolute Gasteiger partial charge is 0.137 e. The molecule has 1 aromatic heterocycles. The Morgan fingerprint density at radius 2 is 1.71 bits per heavy atom. The van der Waals surface area contributed by atoms with Crippen LogP contribution in [0.4, 0.5) is 0 Å². The Labute approximate surface area is 219 Å². The molecule has 6 heteroatoms. The van der Waals surface area contributed by atoms with Crippen LogP contribution in [0.1, 0.15) is 89.7 Å². The lowest BCUT2D eigenvalue weighted by atomic mass is 10.1. The van der Waals surface area contributed by atoms with Gasteiger partial charge in [-0.15, -0.1) is 9.24 Å². The number of rotatable bonds is 14. The average molecular weight is 512 g/mol. The van der Waals surface area contributed by atoms with Crippen LogP contribution in [0, 0.1) is 0 Å². The summed E-state index contributed by atoms with van der Waals surface area (Å²) in [5, 5.41) is 3.29. The third kappa shape index (κ3) is 9.46. The van der Waals surface area contributed by atoms with Crippen LogP contribution < -0.4 is 10.1 Å². The normalized spacial score (nSPS) is 12.1. The number of nitrogens with zero attached hydrogens (tertiary/aromatic N) is 2. The van der Waals surface area contributed by atoms with E-state index >= 15 is 0 Å². The molecule has 2 aromatic rings. The zero-order valence-corrected chi connectivity index (χ0v) is 24.3. The second kappa shape index (κ2) is 13.8. The fourth-order valence-corrected chi connectivity index (χ4v) is 4.39. The molecule has 0 bridgehead atoms. The molecule has 2 rings (SSSR count). The van der Waals surface area contributed by atoms with E-state index in [0.29, 0.717) is 6.54 Å². The number of thioether (sulfide) groups is 1. The Morgan fingerprint density at radius 3 is 2.26 bits per heavy atom. The highest BCUT2D eigenvalue weighted by molar-refractivity contribution is 8.11. The summed E-state index contributed by atoms with van der Waals surface area (Å²) in [5.74, 6) is 1.67. The Kier molecular flexibility index (Phi) is 11.5. The van der Waals surface area contributed by atoms with Gasteiger partial charge in [-0.3, -0.25) is 0 Å². The Morgan fingerprint density at radius 1 is 1.11 bits per heavy atom. The standard InChI is InChI=1S/C29H42N3OPS/c1-9-12-26(13-10-2)33-27-15-24(14-25(16-27)22(6)35-20(4)11-3)21(5)30-17-23-18-31-28(32-19-23)29(7,8)34/h11,14-16,18-19,26,30H,5-6,9-10,12-13,17,34H2,1-4,7-8H3/b20-11-. The fourth-order valence-electron chi connectivity index (χ4n) is 3.50. The lowest BCUT2D eigenvalue weighted by Crippen LogP contribution is -2.17. The van der Waals surface area contributed by atoms with Gasteiger partial charge in [-0.05, 0) is 69.2 Å². The molecule has 1 unspecified atom stereocenters. The van der Waals surface area contributed by atoms with Crippen LogP contribution >= 0.6 is 21.0 Å². The van der Waals surface area contributed by atoms with Gasteiger partial charge in [-0.2, -0.15) is 0 Å². The van der Waals surface area contributed by atoms with Gasteiger partial charge in [-0.1, -0.05) is 57.7 Å². The van der Waals surface area contributed by atoms with Gasteiger partial charge in [0.2, 0.25) is 0 Å². The molecule has 1 atom stereocenters. The minimum absolute atomic E-state index is 0.147. The van der Waals surface area contributed by atoms with Crippen molar-refractivity contribution in [2.75, 3.05) is 0 Å². The van der Waals surface area contributed by atoms with Crippen LogP contribution in [0.5, 0.6) is 5.75 Å². The van der Waals surface area contributed by atoms with E-state index in [0.717, 1.165) is 64.5 Å². The van der Waals surface area contributed by atoms with Crippen LogP contribution in [0.25, 0.3) is 10.6 Å². The molecule has 0 aliphatic carbocycles. The minimum atomic E-state index is -0.147. The maximum absolute atomic E-state index is 6.46.